The van der Waals surface area contributed by atoms with Crippen molar-refractivity contribution < 1.29 is 23.8 Å². The minimum Gasteiger partial charge on any atom is -0.481 e. The van der Waals surface area contributed by atoms with E-state index in [2.05, 4.69) is 13.2 Å². The highest BCUT2D eigenvalue weighted by Crippen LogP contribution is 2.41. The predicted molar refractivity (Wildman–Crippen MR) is 58.1 cm³/mol. The van der Waals surface area contributed by atoms with E-state index < -0.39 is 23.3 Å². The number of carbonyl (C=O) groups is 2. The van der Waals surface area contributed by atoms with E-state index in [-0.39, 0.29) is 26.1 Å². The van der Waals surface area contributed by atoms with Gasteiger partial charge >= 0.3 is 12.1 Å². The molecule has 0 radical (unpaired) electrons. The highest BCUT2D eigenvalue weighted by atomic mass is 19.1. The van der Waals surface area contributed by atoms with Crippen molar-refractivity contribution in [2.24, 2.45) is 5.41 Å². The molecule has 0 aliphatic carbocycles. The zero-order chi connectivity index (χ0) is 13.1. The van der Waals surface area contributed by atoms with Gasteiger partial charge in [0, 0.05) is 13.1 Å². The summed E-state index contributed by atoms with van der Waals surface area (Å²) in [7, 11) is 0. The third kappa shape index (κ3) is 2.83. The van der Waals surface area contributed by atoms with Gasteiger partial charge in [0.05, 0.1) is 11.8 Å². The number of hydrogen-bond donors (Lipinski definition) is 1. The normalized spacial score (nSPS) is 16.9. The first-order valence-electron chi connectivity index (χ1n) is 5.00. The number of carboxylic acid groups (broad SMARTS) is 1. The first-order chi connectivity index (χ1) is 7.91. The number of rotatable bonds is 5. The molecule has 1 heterocycles. The van der Waals surface area contributed by atoms with Crippen LogP contribution in [0, 0.1) is 5.41 Å². The fraction of sp³-hybridized carbons (Fsp3) is 0.455. The Labute approximate surface area is 98.2 Å². The summed E-state index contributed by atoms with van der Waals surface area (Å²) in [6, 6.07) is 0. The van der Waals surface area contributed by atoms with Gasteiger partial charge in [-0.1, -0.05) is 19.2 Å². The lowest BCUT2D eigenvalue weighted by atomic mass is 9.76. The Morgan fingerprint density at radius 3 is 2.53 bits per heavy atom. The molecule has 1 rings (SSSR count). The van der Waals surface area contributed by atoms with Gasteiger partial charge in [0.15, 0.2) is 0 Å². The SMILES string of the molecule is C=CCOC(=O)N1CC(CC(=O)O)(C(=C)F)C1. The third-order valence-electron chi connectivity index (χ3n) is 2.63. The van der Waals surface area contributed by atoms with Crippen molar-refractivity contribution in [3.05, 3.63) is 25.1 Å². The predicted octanol–water partition coefficient (Wildman–Crippen LogP) is 1.57. The summed E-state index contributed by atoms with van der Waals surface area (Å²) in [6.07, 6.45) is 0.427. The molecule has 1 N–H and O–H groups in total. The van der Waals surface area contributed by atoms with Gasteiger partial charge in [-0.25, -0.2) is 9.18 Å². The van der Waals surface area contributed by atoms with E-state index in [1.807, 2.05) is 0 Å². The lowest BCUT2D eigenvalue weighted by Crippen LogP contribution is -2.59. The van der Waals surface area contributed by atoms with E-state index in [0.717, 1.165) is 0 Å². The molecule has 0 unspecified atom stereocenters. The van der Waals surface area contributed by atoms with Gasteiger partial charge in [0.25, 0.3) is 0 Å². The van der Waals surface area contributed by atoms with Crippen LogP contribution >= 0.6 is 0 Å². The lowest BCUT2D eigenvalue weighted by molar-refractivity contribution is -0.142. The fourth-order valence-corrected chi connectivity index (χ4v) is 1.70. The van der Waals surface area contributed by atoms with Crippen molar-refractivity contribution in [1.29, 1.82) is 0 Å². The number of halogens is 1. The van der Waals surface area contributed by atoms with Crippen LogP contribution < -0.4 is 0 Å². The maximum atomic E-state index is 13.2. The molecule has 0 aromatic carbocycles. The molecule has 0 aromatic rings. The Morgan fingerprint density at radius 1 is 1.53 bits per heavy atom. The molecule has 1 saturated heterocycles. The van der Waals surface area contributed by atoms with Gasteiger partial charge in [-0.3, -0.25) is 4.79 Å². The molecule has 0 bridgehead atoms. The second-order valence-corrected chi connectivity index (χ2v) is 3.98. The lowest BCUT2D eigenvalue weighted by Gasteiger charge is -2.47. The van der Waals surface area contributed by atoms with Crippen LogP contribution in [0.3, 0.4) is 0 Å². The van der Waals surface area contributed by atoms with E-state index in [0.29, 0.717) is 0 Å². The smallest absolute Gasteiger partial charge is 0.410 e. The molecule has 17 heavy (non-hydrogen) atoms. The van der Waals surface area contributed by atoms with Gasteiger partial charge in [-0.2, -0.15) is 0 Å². The quantitative estimate of drug-likeness (QED) is 0.744. The molecule has 1 aliphatic heterocycles. The van der Waals surface area contributed by atoms with Gasteiger partial charge in [-0.05, 0) is 0 Å². The summed E-state index contributed by atoms with van der Waals surface area (Å²) in [5, 5.41) is 8.67. The second-order valence-electron chi connectivity index (χ2n) is 3.98. The standard InChI is InChI=1S/C11H14FNO4/c1-3-4-17-10(16)13-6-11(7-13,8(2)12)5-9(14)15/h3H,1-2,4-7H2,(H,14,15). The topological polar surface area (TPSA) is 66.8 Å². The first kappa shape index (κ1) is 13.2. The van der Waals surface area contributed by atoms with E-state index in [9.17, 15) is 14.0 Å². The average molecular weight is 243 g/mol. The Kier molecular flexibility index (Phi) is 3.88. The average Bonchev–Trinajstić information content (AvgIpc) is 2.18. The Balaban J connectivity index is 2.55. The third-order valence-corrected chi connectivity index (χ3v) is 2.63. The van der Waals surface area contributed by atoms with E-state index >= 15 is 0 Å². The number of carbonyl (C=O) groups excluding carboxylic acids is 1. The maximum absolute atomic E-state index is 13.2. The summed E-state index contributed by atoms with van der Waals surface area (Å²) in [5.74, 6) is -1.84. The number of carboxylic acids is 1. The molecule has 0 saturated carbocycles. The zero-order valence-electron chi connectivity index (χ0n) is 9.32. The van der Waals surface area contributed by atoms with Crippen molar-refractivity contribution >= 4 is 12.1 Å². The van der Waals surface area contributed by atoms with E-state index in [4.69, 9.17) is 9.84 Å². The summed E-state index contributed by atoms with van der Waals surface area (Å²) in [6.45, 7) is 6.54. The van der Waals surface area contributed by atoms with Gasteiger partial charge in [-0.15, -0.1) is 0 Å². The van der Waals surface area contributed by atoms with E-state index in [1.54, 1.807) is 0 Å². The molecule has 1 fully saturated rings. The minimum atomic E-state index is -1.17. The van der Waals surface area contributed by atoms with Crippen molar-refractivity contribution in [2.45, 2.75) is 6.42 Å². The molecule has 1 aliphatic rings. The first-order valence-corrected chi connectivity index (χ1v) is 5.00. The zero-order valence-corrected chi connectivity index (χ0v) is 9.32. The van der Waals surface area contributed by atoms with Crippen LogP contribution in [0.4, 0.5) is 9.18 Å². The summed E-state index contributed by atoms with van der Waals surface area (Å²) < 4.78 is 17.9. The van der Waals surface area contributed by atoms with Gasteiger partial charge < -0.3 is 14.7 Å². The highest BCUT2D eigenvalue weighted by Gasteiger charge is 2.50. The van der Waals surface area contributed by atoms with Crippen molar-refractivity contribution in [1.82, 2.24) is 4.90 Å². The molecule has 6 heteroatoms. The molecule has 0 spiro atoms. The minimum absolute atomic E-state index is 0.0232. The van der Waals surface area contributed by atoms with Crippen LogP contribution in [-0.4, -0.2) is 41.8 Å². The van der Waals surface area contributed by atoms with Crippen molar-refractivity contribution in [3.63, 3.8) is 0 Å². The van der Waals surface area contributed by atoms with Crippen LogP contribution in [0.15, 0.2) is 25.1 Å². The number of hydrogen-bond acceptors (Lipinski definition) is 3. The number of amides is 1. The summed E-state index contributed by atoms with van der Waals surface area (Å²) >= 11 is 0. The van der Waals surface area contributed by atoms with Crippen LogP contribution in [0.2, 0.25) is 0 Å². The summed E-state index contributed by atoms with van der Waals surface area (Å²) in [5.41, 5.74) is -1.17. The molecule has 0 aromatic heterocycles. The van der Waals surface area contributed by atoms with Crippen LogP contribution in [-0.2, 0) is 9.53 Å². The molecule has 0 atom stereocenters. The molecular formula is C11H14FNO4. The monoisotopic (exact) mass is 243 g/mol. The number of nitrogens with zero attached hydrogens (tertiary/aromatic N) is 1. The molecule has 94 valence electrons. The highest BCUT2D eigenvalue weighted by molar-refractivity contribution is 5.72. The fourth-order valence-electron chi connectivity index (χ4n) is 1.70. The molecular weight excluding hydrogens is 229 g/mol. The molecule has 1 amide bonds. The Hall–Kier alpha value is -1.85. The van der Waals surface area contributed by atoms with Crippen molar-refractivity contribution in [2.75, 3.05) is 19.7 Å². The second kappa shape index (κ2) is 4.99. The number of likely N-dealkylation sites (tertiary alicyclic amines) is 1. The van der Waals surface area contributed by atoms with Crippen LogP contribution in [0.1, 0.15) is 6.42 Å². The maximum Gasteiger partial charge on any atom is 0.410 e. The van der Waals surface area contributed by atoms with Gasteiger partial charge in [0.2, 0.25) is 0 Å². The van der Waals surface area contributed by atoms with Crippen LogP contribution in [0.25, 0.3) is 0 Å². The van der Waals surface area contributed by atoms with Crippen molar-refractivity contribution in [3.8, 4) is 0 Å². The Bertz CT molecular complexity index is 360. The van der Waals surface area contributed by atoms with E-state index in [1.165, 1.54) is 11.0 Å². The Morgan fingerprint density at radius 2 is 2.12 bits per heavy atom. The summed E-state index contributed by atoms with van der Waals surface area (Å²) in [4.78, 5) is 23.2. The largest absolute Gasteiger partial charge is 0.481 e. The molecule has 5 nitrogen and oxygen atoms in total. The van der Waals surface area contributed by atoms with Gasteiger partial charge in [0.1, 0.15) is 12.4 Å². The number of aliphatic carboxylic acids is 1. The number of ether oxygens (including phenoxy) is 1. The van der Waals surface area contributed by atoms with Crippen LogP contribution in [0.5, 0.6) is 0 Å².